The largest absolute Gasteiger partial charge is 0.507 e. The van der Waals surface area contributed by atoms with Crippen LogP contribution in [0.25, 0.3) is 28.0 Å². The molecular weight excluding hydrogens is 324 g/mol. The number of H-pyrrole nitrogens is 1. The van der Waals surface area contributed by atoms with E-state index in [0.29, 0.717) is 10.8 Å². The molecule has 0 spiro atoms. The zero-order valence-corrected chi connectivity index (χ0v) is 14.6. The lowest BCUT2D eigenvalue weighted by Crippen LogP contribution is -2.18. The molecule has 132 valence electrons. The maximum absolute atomic E-state index is 12.0. The molecule has 0 saturated carbocycles. The lowest BCUT2D eigenvalue weighted by molar-refractivity contribution is 0.378. The van der Waals surface area contributed by atoms with Crippen LogP contribution in [0, 0.1) is 0 Å². The number of phenols is 1. The van der Waals surface area contributed by atoms with Crippen LogP contribution >= 0.6 is 0 Å². The van der Waals surface area contributed by atoms with Gasteiger partial charge in [-0.25, -0.2) is 0 Å². The Morgan fingerprint density at radius 3 is 2.62 bits per heavy atom. The molecule has 4 rings (SSSR count). The predicted molar refractivity (Wildman–Crippen MR) is 106 cm³/mol. The van der Waals surface area contributed by atoms with Crippen molar-refractivity contribution in [2.75, 3.05) is 19.6 Å². The van der Waals surface area contributed by atoms with Crippen LogP contribution in [0.3, 0.4) is 0 Å². The van der Waals surface area contributed by atoms with Gasteiger partial charge in [0.25, 0.3) is 5.56 Å². The number of pyridine rings is 1. The molecule has 0 bridgehead atoms. The van der Waals surface area contributed by atoms with Crippen molar-refractivity contribution >= 4 is 16.8 Å². The van der Waals surface area contributed by atoms with Gasteiger partial charge in [-0.05, 0) is 49.2 Å². The van der Waals surface area contributed by atoms with Gasteiger partial charge in [0.15, 0.2) is 0 Å². The Morgan fingerprint density at radius 2 is 1.85 bits per heavy atom. The fraction of sp³-hybridized carbons (Fsp3) is 0.227. The van der Waals surface area contributed by atoms with E-state index in [1.165, 1.54) is 25.9 Å². The standard InChI is InChI=1S/C22H22N2O2/c25-20-7-3-6-18-21(20)19(15-23-22(18)26)17-10-8-16(9-11-17)5-4-14-24-12-1-2-13-24/h3-11,15,25H,1-2,12-14H2,(H,23,26). The van der Waals surface area contributed by atoms with Crippen molar-refractivity contribution in [2.24, 2.45) is 0 Å². The number of aromatic hydroxyl groups is 1. The van der Waals surface area contributed by atoms with Crippen LogP contribution in [0.15, 0.2) is 59.5 Å². The molecule has 0 radical (unpaired) electrons. The molecule has 1 aliphatic heterocycles. The van der Waals surface area contributed by atoms with Gasteiger partial charge in [-0.1, -0.05) is 42.5 Å². The van der Waals surface area contributed by atoms with Crippen molar-refractivity contribution in [3.8, 4) is 16.9 Å². The number of aromatic nitrogens is 1. The summed E-state index contributed by atoms with van der Waals surface area (Å²) in [7, 11) is 0. The molecule has 1 saturated heterocycles. The van der Waals surface area contributed by atoms with Crippen LogP contribution in [0.1, 0.15) is 18.4 Å². The number of fused-ring (bicyclic) bond motifs is 1. The molecular formula is C22H22N2O2. The molecule has 0 aliphatic carbocycles. The van der Waals surface area contributed by atoms with Crippen LogP contribution in [0.5, 0.6) is 5.75 Å². The summed E-state index contributed by atoms with van der Waals surface area (Å²) in [6.07, 6.45) is 8.64. The number of likely N-dealkylation sites (tertiary alicyclic amines) is 1. The minimum atomic E-state index is -0.193. The van der Waals surface area contributed by atoms with Gasteiger partial charge in [0.1, 0.15) is 5.75 Å². The van der Waals surface area contributed by atoms with Crippen LogP contribution in [-0.2, 0) is 0 Å². The van der Waals surface area contributed by atoms with Crippen LogP contribution in [0.4, 0.5) is 0 Å². The van der Waals surface area contributed by atoms with Gasteiger partial charge >= 0.3 is 0 Å². The molecule has 2 heterocycles. The van der Waals surface area contributed by atoms with E-state index in [2.05, 4.69) is 34.2 Å². The van der Waals surface area contributed by atoms with Crippen molar-refractivity contribution in [1.29, 1.82) is 0 Å². The Hall–Kier alpha value is -2.85. The maximum Gasteiger partial charge on any atom is 0.255 e. The summed E-state index contributed by atoms with van der Waals surface area (Å²) < 4.78 is 0. The number of hydrogen-bond acceptors (Lipinski definition) is 3. The molecule has 2 aromatic carbocycles. The summed E-state index contributed by atoms with van der Waals surface area (Å²) in [5.74, 6) is 0.123. The van der Waals surface area contributed by atoms with Crippen molar-refractivity contribution in [3.05, 3.63) is 70.7 Å². The van der Waals surface area contributed by atoms with E-state index in [1.807, 2.05) is 12.1 Å². The lowest BCUT2D eigenvalue weighted by atomic mass is 9.99. The number of nitrogens with zero attached hydrogens (tertiary/aromatic N) is 1. The molecule has 1 aliphatic rings. The van der Waals surface area contributed by atoms with Gasteiger partial charge in [-0.15, -0.1) is 0 Å². The highest BCUT2D eigenvalue weighted by Crippen LogP contribution is 2.32. The van der Waals surface area contributed by atoms with Crippen molar-refractivity contribution in [3.63, 3.8) is 0 Å². The number of aromatic amines is 1. The SMILES string of the molecule is O=c1[nH]cc(-c2ccc(C=CCN3CCCC3)cc2)c2c(O)cccc12. The van der Waals surface area contributed by atoms with E-state index in [4.69, 9.17) is 0 Å². The highest BCUT2D eigenvalue weighted by molar-refractivity contribution is 5.99. The second kappa shape index (κ2) is 7.18. The van der Waals surface area contributed by atoms with E-state index >= 15 is 0 Å². The molecule has 0 amide bonds. The van der Waals surface area contributed by atoms with Gasteiger partial charge in [-0.2, -0.15) is 0 Å². The lowest BCUT2D eigenvalue weighted by Gasteiger charge is -2.10. The highest BCUT2D eigenvalue weighted by Gasteiger charge is 2.11. The van der Waals surface area contributed by atoms with Gasteiger partial charge in [-0.3, -0.25) is 9.69 Å². The molecule has 2 N–H and O–H groups in total. The van der Waals surface area contributed by atoms with E-state index in [-0.39, 0.29) is 11.3 Å². The average molecular weight is 346 g/mol. The fourth-order valence-corrected chi connectivity index (χ4v) is 3.60. The van der Waals surface area contributed by atoms with E-state index in [1.54, 1.807) is 24.4 Å². The zero-order chi connectivity index (χ0) is 17.9. The Morgan fingerprint density at radius 1 is 1.08 bits per heavy atom. The third kappa shape index (κ3) is 3.28. The molecule has 4 nitrogen and oxygen atoms in total. The second-order valence-corrected chi connectivity index (χ2v) is 6.76. The van der Waals surface area contributed by atoms with Gasteiger partial charge in [0.05, 0.1) is 5.39 Å². The Bertz CT molecular complexity index is 997. The van der Waals surface area contributed by atoms with E-state index < -0.39 is 0 Å². The topological polar surface area (TPSA) is 56.3 Å². The van der Waals surface area contributed by atoms with Gasteiger partial charge in [0.2, 0.25) is 0 Å². The fourth-order valence-electron chi connectivity index (χ4n) is 3.60. The van der Waals surface area contributed by atoms with Gasteiger partial charge < -0.3 is 10.1 Å². The number of rotatable bonds is 4. The minimum absolute atomic E-state index is 0.123. The average Bonchev–Trinajstić information content (AvgIpc) is 3.17. The number of benzene rings is 2. The third-order valence-electron chi connectivity index (χ3n) is 5.00. The van der Waals surface area contributed by atoms with Crippen LogP contribution in [0.2, 0.25) is 0 Å². The zero-order valence-electron chi connectivity index (χ0n) is 14.6. The first-order valence-corrected chi connectivity index (χ1v) is 9.05. The predicted octanol–water partition coefficient (Wildman–Crippen LogP) is 4.01. The maximum atomic E-state index is 12.0. The van der Waals surface area contributed by atoms with Crippen molar-refractivity contribution in [1.82, 2.24) is 9.88 Å². The van der Waals surface area contributed by atoms with E-state index in [9.17, 15) is 9.90 Å². The van der Waals surface area contributed by atoms with Gasteiger partial charge in [0, 0.05) is 23.7 Å². The summed E-state index contributed by atoms with van der Waals surface area (Å²) in [6, 6.07) is 13.2. The number of nitrogens with one attached hydrogen (secondary N) is 1. The van der Waals surface area contributed by atoms with Crippen LogP contribution < -0.4 is 5.56 Å². The quantitative estimate of drug-likeness (QED) is 0.750. The Balaban J connectivity index is 1.61. The summed E-state index contributed by atoms with van der Waals surface area (Å²) in [6.45, 7) is 3.40. The first kappa shape index (κ1) is 16.6. The molecule has 3 aromatic rings. The minimum Gasteiger partial charge on any atom is -0.507 e. The number of hydrogen-bond donors (Lipinski definition) is 2. The summed E-state index contributed by atoms with van der Waals surface area (Å²) >= 11 is 0. The Kier molecular flexibility index (Phi) is 4.59. The smallest absolute Gasteiger partial charge is 0.255 e. The molecule has 0 atom stereocenters. The van der Waals surface area contributed by atoms with Crippen molar-refractivity contribution in [2.45, 2.75) is 12.8 Å². The molecule has 26 heavy (non-hydrogen) atoms. The van der Waals surface area contributed by atoms with Crippen molar-refractivity contribution < 1.29 is 5.11 Å². The monoisotopic (exact) mass is 346 g/mol. The Labute approximate surface area is 152 Å². The number of phenolic OH excluding ortho intramolecular Hbond substituents is 1. The molecule has 1 fully saturated rings. The van der Waals surface area contributed by atoms with E-state index in [0.717, 1.165) is 23.2 Å². The molecule has 1 aromatic heterocycles. The molecule has 0 unspecified atom stereocenters. The molecule has 4 heteroatoms. The summed E-state index contributed by atoms with van der Waals surface area (Å²) in [5.41, 5.74) is 2.74. The summed E-state index contributed by atoms with van der Waals surface area (Å²) in [4.78, 5) is 17.2. The second-order valence-electron chi connectivity index (χ2n) is 6.76. The highest BCUT2D eigenvalue weighted by atomic mass is 16.3. The summed E-state index contributed by atoms with van der Waals surface area (Å²) in [5, 5.41) is 11.3. The third-order valence-corrected chi connectivity index (χ3v) is 5.00. The normalized spacial score (nSPS) is 15.2. The first-order chi connectivity index (χ1) is 12.7. The first-order valence-electron chi connectivity index (χ1n) is 9.05. The van der Waals surface area contributed by atoms with Crippen LogP contribution in [-0.4, -0.2) is 34.6 Å².